The van der Waals surface area contributed by atoms with Gasteiger partial charge in [0.05, 0.1) is 51.6 Å². The Morgan fingerprint density at radius 2 is 1.09 bits per heavy atom. The van der Waals surface area contributed by atoms with Crippen LogP contribution in [0.25, 0.3) is 0 Å². The standard InChI is InChI=1S/C14H28N2O6/c17-13(9-21-11-1-5-15(19)6-2-11)14(18)10-22-12-3-7-16(20)8-4-12/h11-18H,1-10H2. The van der Waals surface area contributed by atoms with Crippen LogP contribution in [0.15, 0.2) is 0 Å². The number of hydrogen-bond acceptors (Lipinski definition) is 6. The molecule has 0 aliphatic carbocycles. The van der Waals surface area contributed by atoms with Gasteiger partial charge in [-0.15, -0.1) is 0 Å². The summed E-state index contributed by atoms with van der Waals surface area (Å²) in [6.07, 6.45) is 0.741. The number of quaternary nitrogens is 2. The first-order valence-electron chi connectivity index (χ1n) is 8.17. The number of aliphatic hydroxyl groups excluding tert-OH is 2. The van der Waals surface area contributed by atoms with E-state index in [1.807, 2.05) is 0 Å². The summed E-state index contributed by atoms with van der Waals surface area (Å²) in [6.45, 7) is 2.23. The molecule has 2 unspecified atom stereocenters. The predicted octanol–water partition coefficient (Wildman–Crippen LogP) is -3.17. The van der Waals surface area contributed by atoms with Gasteiger partial charge in [0, 0.05) is 25.7 Å². The lowest BCUT2D eigenvalue weighted by molar-refractivity contribution is -0.855. The highest BCUT2D eigenvalue weighted by molar-refractivity contribution is 4.70. The molecule has 2 aliphatic heterocycles. The molecule has 22 heavy (non-hydrogen) atoms. The van der Waals surface area contributed by atoms with Crippen LogP contribution in [0.4, 0.5) is 0 Å². The summed E-state index contributed by atoms with van der Waals surface area (Å²) in [5.41, 5.74) is 0. The van der Waals surface area contributed by atoms with Crippen molar-refractivity contribution in [2.75, 3.05) is 39.4 Å². The third-order valence-electron chi connectivity index (χ3n) is 4.43. The zero-order valence-electron chi connectivity index (χ0n) is 12.9. The number of aliphatic hydroxyl groups is 2. The van der Waals surface area contributed by atoms with Crippen molar-refractivity contribution >= 4 is 0 Å². The molecule has 0 amide bonds. The second-order valence-corrected chi connectivity index (χ2v) is 6.28. The molecule has 130 valence electrons. The molecule has 2 aliphatic rings. The van der Waals surface area contributed by atoms with Crippen LogP contribution in [-0.4, -0.2) is 74.0 Å². The zero-order chi connectivity index (χ0) is 15.9. The Bertz CT molecular complexity index is 276. The highest BCUT2D eigenvalue weighted by atomic mass is 16.5. The molecule has 0 aromatic rings. The van der Waals surface area contributed by atoms with Gasteiger partial charge < -0.3 is 40.2 Å². The topological polar surface area (TPSA) is 114 Å². The highest BCUT2D eigenvalue weighted by Crippen LogP contribution is 2.09. The quantitative estimate of drug-likeness (QED) is 0.368. The molecule has 0 spiro atoms. The Balaban J connectivity index is 1.57. The van der Waals surface area contributed by atoms with Gasteiger partial charge in [-0.05, 0) is 0 Å². The van der Waals surface area contributed by atoms with Gasteiger partial charge in [0.2, 0.25) is 0 Å². The Morgan fingerprint density at radius 3 is 1.41 bits per heavy atom. The lowest BCUT2D eigenvalue weighted by Gasteiger charge is -2.33. The molecule has 2 rings (SSSR count). The molecular weight excluding hydrogens is 292 g/mol. The SMILES string of the molecule is [O-][NH+]1CCC(OCC(O)C(O)COC2CC[NH+]([O-])CC2)CC1. The van der Waals surface area contributed by atoms with Crippen molar-refractivity contribution in [3.05, 3.63) is 10.4 Å². The minimum atomic E-state index is -0.997. The first-order chi connectivity index (χ1) is 10.5. The predicted molar refractivity (Wildman–Crippen MR) is 78.1 cm³/mol. The van der Waals surface area contributed by atoms with Gasteiger partial charge in [-0.2, -0.15) is 0 Å². The summed E-state index contributed by atoms with van der Waals surface area (Å²) in [4.78, 5) is 0. The summed E-state index contributed by atoms with van der Waals surface area (Å²) in [6, 6.07) is 0. The lowest BCUT2D eigenvalue weighted by atomic mass is 10.1. The van der Waals surface area contributed by atoms with Gasteiger partial charge in [-0.1, -0.05) is 0 Å². The summed E-state index contributed by atoms with van der Waals surface area (Å²) in [7, 11) is 0. The second kappa shape index (κ2) is 9.09. The fraction of sp³-hybridized carbons (Fsp3) is 1.00. The van der Waals surface area contributed by atoms with Crippen molar-refractivity contribution < 1.29 is 29.8 Å². The largest absolute Gasteiger partial charge is 0.634 e. The van der Waals surface area contributed by atoms with E-state index in [1.54, 1.807) is 0 Å². The molecule has 8 nitrogen and oxygen atoms in total. The lowest BCUT2D eigenvalue weighted by Crippen LogP contribution is -3.08. The van der Waals surface area contributed by atoms with Gasteiger partial charge in [0.1, 0.15) is 12.2 Å². The minimum Gasteiger partial charge on any atom is -0.634 e. The first-order valence-corrected chi connectivity index (χ1v) is 8.17. The molecule has 4 N–H and O–H groups in total. The van der Waals surface area contributed by atoms with Gasteiger partial charge in [-0.25, -0.2) is 0 Å². The number of piperidine rings is 2. The Kier molecular flexibility index (Phi) is 7.45. The van der Waals surface area contributed by atoms with Gasteiger partial charge in [0.25, 0.3) is 0 Å². The van der Waals surface area contributed by atoms with Gasteiger partial charge >= 0.3 is 0 Å². The Hall–Kier alpha value is -0.320. The van der Waals surface area contributed by atoms with E-state index in [-0.39, 0.29) is 35.5 Å². The second-order valence-electron chi connectivity index (χ2n) is 6.28. The monoisotopic (exact) mass is 320 g/mol. The van der Waals surface area contributed by atoms with E-state index in [4.69, 9.17) is 9.47 Å². The average molecular weight is 320 g/mol. The van der Waals surface area contributed by atoms with Crippen molar-refractivity contribution in [1.29, 1.82) is 0 Å². The van der Waals surface area contributed by atoms with Crippen molar-refractivity contribution in [2.45, 2.75) is 50.1 Å². The molecular formula is C14H28N2O6. The summed E-state index contributed by atoms with van der Waals surface area (Å²) in [5, 5.41) is 42.6. The van der Waals surface area contributed by atoms with E-state index in [2.05, 4.69) is 0 Å². The van der Waals surface area contributed by atoms with Crippen LogP contribution in [0.5, 0.6) is 0 Å². The molecule has 2 fully saturated rings. The van der Waals surface area contributed by atoms with Crippen LogP contribution in [0.3, 0.4) is 0 Å². The molecule has 2 saturated heterocycles. The van der Waals surface area contributed by atoms with E-state index in [0.717, 1.165) is 0 Å². The molecule has 8 heteroatoms. The molecule has 0 aromatic carbocycles. The van der Waals surface area contributed by atoms with Crippen molar-refractivity contribution in [3.63, 3.8) is 0 Å². The average Bonchev–Trinajstić information content (AvgIpc) is 2.53. The fourth-order valence-electron chi connectivity index (χ4n) is 2.85. The summed E-state index contributed by atoms with van der Waals surface area (Å²) < 4.78 is 11.1. The van der Waals surface area contributed by atoms with E-state index < -0.39 is 12.2 Å². The smallest absolute Gasteiger partial charge is 0.105 e. The van der Waals surface area contributed by atoms with E-state index in [1.165, 1.54) is 0 Å². The van der Waals surface area contributed by atoms with Crippen molar-refractivity contribution in [2.24, 2.45) is 0 Å². The number of hydrogen-bond donors (Lipinski definition) is 4. The third-order valence-corrected chi connectivity index (χ3v) is 4.43. The maximum absolute atomic E-state index is 11.1. The van der Waals surface area contributed by atoms with Gasteiger partial charge in [-0.3, -0.25) is 0 Å². The molecule has 0 bridgehead atoms. The normalized spacial score (nSPS) is 36.0. The zero-order valence-corrected chi connectivity index (χ0v) is 12.9. The van der Waals surface area contributed by atoms with Crippen LogP contribution in [0.2, 0.25) is 0 Å². The number of hydroxylamine groups is 4. The maximum atomic E-state index is 11.1. The Labute approximate surface area is 130 Å². The molecule has 0 radical (unpaired) electrons. The minimum absolute atomic E-state index is 0.00942. The summed E-state index contributed by atoms with van der Waals surface area (Å²) in [5.74, 6) is 0. The van der Waals surface area contributed by atoms with Gasteiger partial charge in [0.15, 0.2) is 0 Å². The molecule has 0 saturated carbocycles. The van der Waals surface area contributed by atoms with Crippen LogP contribution >= 0.6 is 0 Å². The molecule has 2 atom stereocenters. The van der Waals surface area contributed by atoms with Crippen molar-refractivity contribution in [3.8, 4) is 0 Å². The van der Waals surface area contributed by atoms with Crippen LogP contribution in [-0.2, 0) is 9.47 Å². The third kappa shape index (κ3) is 6.05. The molecule has 2 heterocycles. The van der Waals surface area contributed by atoms with E-state index in [9.17, 15) is 20.6 Å². The Morgan fingerprint density at radius 1 is 0.773 bits per heavy atom. The van der Waals surface area contributed by atoms with Crippen LogP contribution in [0.1, 0.15) is 25.7 Å². The number of ether oxygens (including phenoxy) is 2. The number of nitrogens with one attached hydrogen (secondary N) is 2. The fourth-order valence-corrected chi connectivity index (χ4v) is 2.85. The van der Waals surface area contributed by atoms with Crippen LogP contribution in [0, 0.1) is 10.4 Å². The summed E-state index contributed by atoms with van der Waals surface area (Å²) >= 11 is 0. The van der Waals surface area contributed by atoms with Crippen molar-refractivity contribution in [1.82, 2.24) is 0 Å². The maximum Gasteiger partial charge on any atom is 0.105 e. The highest BCUT2D eigenvalue weighted by Gasteiger charge is 2.24. The van der Waals surface area contributed by atoms with Crippen LogP contribution < -0.4 is 10.1 Å². The molecule has 0 aromatic heterocycles. The van der Waals surface area contributed by atoms with E-state index in [0.29, 0.717) is 51.9 Å². The first kappa shape index (κ1) is 18.0. The van der Waals surface area contributed by atoms with E-state index >= 15 is 0 Å². The number of rotatable bonds is 7.